The second-order valence-electron chi connectivity index (χ2n) is 2.79. The molecule has 0 aliphatic rings. The molecule has 14 heavy (non-hydrogen) atoms. The van der Waals surface area contributed by atoms with Crippen molar-refractivity contribution >= 4 is 0 Å². The summed E-state index contributed by atoms with van der Waals surface area (Å²) in [6.07, 6.45) is -4.69. The van der Waals surface area contributed by atoms with Gasteiger partial charge in [0, 0.05) is 0 Å². The maximum Gasteiger partial charge on any atom is 0.573 e. The Morgan fingerprint density at radius 3 is 2.50 bits per heavy atom. The van der Waals surface area contributed by atoms with E-state index >= 15 is 0 Å². The van der Waals surface area contributed by atoms with Gasteiger partial charge in [0.25, 0.3) is 0 Å². The molecule has 0 spiro atoms. The highest BCUT2D eigenvalue weighted by Crippen LogP contribution is 2.24. The molecule has 0 bridgehead atoms. The third-order valence-electron chi connectivity index (χ3n) is 1.72. The van der Waals surface area contributed by atoms with Crippen LogP contribution < -0.4 is 4.74 Å². The lowest BCUT2D eigenvalue weighted by Crippen LogP contribution is -2.17. The molecule has 0 atom stereocenters. The second-order valence-corrected chi connectivity index (χ2v) is 2.79. The molecular formula is C9H9F3O2. The number of aliphatic hydroxyl groups excluding tert-OH is 1. The van der Waals surface area contributed by atoms with Crippen LogP contribution in [0.25, 0.3) is 0 Å². The van der Waals surface area contributed by atoms with Gasteiger partial charge in [0.1, 0.15) is 5.75 Å². The number of hydrogen-bond donors (Lipinski definition) is 1. The van der Waals surface area contributed by atoms with Crippen molar-refractivity contribution in [3.05, 3.63) is 29.3 Å². The van der Waals surface area contributed by atoms with Crippen molar-refractivity contribution in [1.29, 1.82) is 0 Å². The van der Waals surface area contributed by atoms with Crippen LogP contribution >= 0.6 is 0 Å². The van der Waals surface area contributed by atoms with E-state index in [1.165, 1.54) is 18.2 Å². The van der Waals surface area contributed by atoms with E-state index in [0.717, 1.165) is 5.56 Å². The number of rotatable bonds is 2. The summed E-state index contributed by atoms with van der Waals surface area (Å²) in [7, 11) is 0. The third kappa shape index (κ3) is 2.92. The number of halogens is 3. The molecule has 1 aromatic rings. The summed E-state index contributed by atoms with van der Waals surface area (Å²) >= 11 is 0. The predicted molar refractivity (Wildman–Crippen MR) is 43.8 cm³/mol. The van der Waals surface area contributed by atoms with E-state index in [1.807, 2.05) is 0 Å². The number of benzene rings is 1. The van der Waals surface area contributed by atoms with Gasteiger partial charge in [-0.15, -0.1) is 13.2 Å². The minimum Gasteiger partial charge on any atom is -0.406 e. The van der Waals surface area contributed by atoms with Crippen molar-refractivity contribution in [2.45, 2.75) is 19.9 Å². The number of aliphatic hydroxyl groups is 1. The highest BCUT2D eigenvalue weighted by molar-refractivity contribution is 5.34. The van der Waals surface area contributed by atoms with Gasteiger partial charge in [-0.2, -0.15) is 0 Å². The molecule has 0 radical (unpaired) electrons. The Balaban J connectivity index is 2.90. The third-order valence-corrected chi connectivity index (χ3v) is 1.72. The van der Waals surface area contributed by atoms with Gasteiger partial charge in [0.2, 0.25) is 0 Å². The smallest absolute Gasteiger partial charge is 0.406 e. The predicted octanol–water partition coefficient (Wildman–Crippen LogP) is 2.39. The van der Waals surface area contributed by atoms with Crippen molar-refractivity contribution in [2.75, 3.05) is 0 Å². The lowest BCUT2D eigenvalue weighted by molar-refractivity contribution is -0.274. The number of aryl methyl sites for hydroxylation is 1. The second kappa shape index (κ2) is 3.88. The van der Waals surface area contributed by atoms with Gasteiger partial charge in [-0.3, -0.25) is 0 Å². The molecule has 0 unspecified atom stereocenters. The van der Waals surface area contributed by atoms with E-state index in [4.69, 9.17) is 5.11 Å². The zero-order valence-corrected chi connectivity index (χ0v) is 7.43. The largest absolute Gasteiger partial charge is 0.573 e. The fourth-order valence-electron chi connectivity index (χ4n) is 1.02. The molecule has 1 aromatic carbocycles. The van der Waals surface area contributed by atoms with Crippen molar-refractivity contribution < 1.29 is 23.0 Å². The van der Waals surface area contributed by atoms with Crippen LogP contribution in [0.4, 0.5) is 13.2 Å². The van der Waals surface area contributed by atoms with Crippen molar-refractivity contribution in [3.63, 3.8) is 0 Å². The first kappa shape index (κ1) is 10.8. The van der Waals surface area contributed by atoms with Gasteiger partial charge >= 0.3 is 6.36 Å². The van der Waals surface area contributed by atoms with E-state index in [0.29, 0.717) is 5.56 Å². The first-order chi connectivity index (χ1) is 6.42. The number of hydrogen-bond acceptors (Lipinski definition) is 2. The van der Waals surface area contributed by atoms with E-state index < -0.39 is 6.36 Å². The topological polar surface area (TPSA) is 29.5 Å². The van der Waals surface area contributed by atoms with Crippen LogP contribution in [0.15, 0.2) is 18.2 Å². The quantitative estimate of drug-likeness (QED) is 0.804. The summed E-state index contributed by atoms with van der Waals surface area (Å²) in [5.74, 6) is -0.313. The van der Waals surface area contributed by atoms with Gasteiger partial charge in [-0.25, -0.2) is 0 Å². The zero-order chi connectivity index (χ0) is 10.8. The molecular weight excluding hydrogens is 197 g/mol. The van der Waals surface area contributed by atoms with Crippen LogP contribution in [0.3, 0.4) is 0 Å². The molecule has 0 aromatic heterocycles. The molecule has 78 valence electrons. The summed E-state index contributed by atoms with van der Waals surface area (Å²) in [5, 5.41) is 8.80. The Kier molecular flexibility index (Phi) is 3.00. The molecule has 0 heterocycles. The molecule has 5 heteroatoms. The summed E-state index contributed by atoms with van der Waals surface area (Å²) < 4.78 is 39.1. The van der Waals surface area contributed by atoms with E-state index in [9.17, 15) is 13.2 Å². The van der Waals surface area contributed by atoms with Crippen LogP contribution in [0, 0.1) is 6.92 Å². The van der Waals surface area contributed by atoms with Crippen molar-refractivity contribution in [3.8, 4) is 5.75 Å². The van der Waals surface area contributed by atoms with E-state index in [2.05, 4.69) is 4.74 Å². The van der Waals surface area contributed by atoms with Crippen LogP contribution in [0.2, 0.25) is 0 Å². The molecule has 1 rings (SSSR count). The monoisotopic (exact) mass is 206 g/mol. The van der Waals surface area contributed by atoms with E-state index in [1.54, 1.807) is 6.92 Å². The number of alkyl halides is 3. The molecule has 2 nitrogen and oxygen atoms in total. The Morgan fingerprint density at radius 2 is 2.00 bits per heavy atom. The lowest BCUT2D eigenvalue weighted by Gasteiger charge is -2.10. The van der Waals surface area contributed by atoms with Crippen LogP contribution in [0.5, 0.6) is 5.75 Å². The minimum absolute atomic E-state index is 0.305. The normalized spacial score (nSPS) is 11.5. The number of ether oxygens (including phenoxy) is 1. The Bertz CT molecular complexity index is 320. The minimum atomic E-state index is -4.69. The average molecular weight is 206 g/mol. The fraction of sp³-hybridized carbons (Fsp3) is 0.333. The summed E-state index contributed by atoms with van der Waals surface area (Å²) in [5.41, 5.74) is 1.15. The summed E-state index contributed by atoms with van der Waals surface area (Å²) in [6.45, 7) is 1.39. The fourth-order valence-corrected chi connectivity index (χ4v) is 1.02. The van der Waals surface area contributed by atoms with Gasteiger partial charge < -0.3 is 9.84 Å². The molecule has 0 amide bonds. The van der Waals surface area contributed by atoms with E-state index in [-0.39, 0.29) is 12.4 Å². The standard InChI is InChI=1S/C9H9F3O2/c1-6-2-3-8(4-7(6)5-13)14-9(10,11)12/h2-4,13H,5H2,1H3. The Hall–Kier alpha value is -1.23. The lowest BCUT2D eigenvalue weighted by atomic mass is 10.1. The van der Waals surface area contributed by atoms with Crippen LogP contribution in [-0.2, 0) is 6.61 Å². The molecule has 0 fully saturated rings. The molecule has 0 aliphatic carbocycles. The first-order valence-corrected chi connectivity index (χ1v) is 3.88. The van der Waals surface area contributed by atoms with Gasteiger partial charge in [0.05, 0.1) is 6.61 Å². The molecule has 0 aliphatic heterocycles. The highest BCUT2D eigenvalue weighted by atomic mass is 19.4. The average Bonchev–Trinajstić information content (AvgIpc) is 2.06. The van der Waals surface area contributed by atoms with Crippen LogP contribution in [-0.4, -0.2) is 11.5 Å². The van der Waals surface area contributed by atoms with Gasteiger partial charge in [-0.1, -0.05) is 6.07 Å². The maximum atomic E-state index is 11.8. The Morgan fingerprint density at radius 1 is 1.36 bits per heavy atom. The van der Waals surface area contributed by atoms with Crippen LogP contribution in [0.1, 0.15) is 11.1 Å². The maximum absolute atomic E-state index is 11.8. The highest BCUT2D eigenvalue weighted by Gasteiger charge is 2.31. The molecule has 0 saturated heterocycles. The van der Waals surface area contributed by atoms with Gasteiger partial charge in [0.15, 0.2) is 0 Å². The summed E-state index contributed by atoms with van der Waals surface area (Å²) in [6, 6.07) is 3.84. The van der Waals surface area contributed by atoms with Gasteiger partial charge in [-0.05, 0) is 30.2 Å². The zero-order valence-electron chi connectivity index (χ0n) is 7.43. The molecule has 0 saturated carbocycles. The van der Waals surface area contributed by atoms with Crippen molar-refractivity contribution in [2.24, 2.45) is 0 Å². The summed E-state index contributed by atoms with van der Waals surface area (Å²) in [4.78, 5) is 0. The Labute approximate surface area is 78.9 Å². The molecule has 1 N–H and O–H groups in total. The van der Waals surface area contributed by atoms with Crippen molar-refractivity contribution in [1.82, 2.24) is 0 Å². The first-order valence-electron chi connectivity index (χ1n) is 3.88. The SMILES string of the molecule is Cc1ccc(OC(F)(F)F)cc1CO.